The highest BCUT2D eigenvalue weighted by molar-refractivity contribution is 6.06. The number of amides is 4. The maximum Gasteiger partial charge on any atom is 0.411 e. The molecule has 4 atom stereocenters. The van der Waals surface area contributed by atoms with Crippen LogP contribution in [0.4, 0.5) is 20.7 Å². The maximum absolute atomic E-state index is 17.8. The number of nitrogens with zero attached hydrogens (tertiary/aromatic N) is 9. The van der Waals surface area contributed by atoms with E-state index >= 15 is 4.39 Å². The zero-order valence-corrected chi connectivity index (χ0v) is 48.3. The van der Waals surface area contributed by atoms with E-state index in [0.29, 0.717) is 90.6 Å². The largest absolute Gasteiger partial charge is 0.468 e. The Hall–Kier alpha value is -7.18. The van der Waals surface area contributed by atoms with Crippen LogP contribution >= 0.6 is 0 Å². The van der Waals surface area contributed by atoms with E-state index in [9.17, 15) is 19.2 Å². The van der Waals surface area contributed by atoms with Crippen LogP contribution in [0.25, 0.3) is 32.9 Å². The van der Waals surface area contributed by atoms with Crippen molar-refractivity contribution in [2.75, 3.05) is 102 Å². The predicted molar refractivity (Wildman–Crippen MR) is 311 cm³/mol. The summed E-state index contributed by atoms with van der Waals surface area (Å²) in [5.41, 5.74) is 3.03. The van der Waals surface area contributed by atoms with Gasteiger partial charge in [0.15, 0.2) is 12.6 Å². The summed E-state index contributed by atoms with van der Waals surface area (Å²) in [6.07, 6.45) is 13.7. The zero-order chi connectivity index (χ0) is 57.7. The number of anilines is 2. The van der Waals surface area contributed by atoms with E-state index in [2.05, 4.69) is 36.9 Å². The summed E-state index contributed by atoms with van der Waals surface area (Å²) in [6.45, 7) is 17.3. The third-order valence-electron chi connectivity index (χ3n) is 18.0. The highest BCUT2D eigenvalue weighted by Gasteiger charge is 2.51. The van der Waals surface area contributed by atoms with E-state index in [0.717, 1.165) is 101 Å². The number of imide groups is 1. The van der Waals surface area contributed by atoms with Crippen LogP contribution in [-0.4, -0.2) is 181 Å². The molecular formula is C63H75FN10O9. The summed E-state index contributed by atoms with van der Waals surface area (Å²) in [7, 11) is 1.54. The van der Waals surface area contributed by atoms with Gasteiger partial charge in [-0.2, -0.15) is 9.97 Å². The Morgan fingerprint density at radius 2 is 1.73 bits per heavy atom. The van der Waals surface area contributed by atoms with Gasteiger partial charge in [0.05, 0.1) is 30.2 Å². The molecule has 0 radical (unpaired) electrons. The molecular weight excluding hydrogens is 1060 g/mol. The van der Waals surface area contributed by atoms with Crippen molar-refractivity contribution in [2.45, 2.75) is 115 Å². The molecule has 19 nitrogen and oxygen atoms in total. The van der Waals surface area contributed by atoms with Crippen molar-refractivity contribution in [1.29, 1.82) is 0 Å². The first-order valence-corrected chi connectivity index (χ1v) is 29.6. The normalized spacial score (nSPS) is 23.0. The molecule has 5 aromatic rings. The molecule has 12 rings (SSSR count). The maximum atomic E-state index is 17.8. The number of benzene rings is 3. The van der Waals surface area contributed by atoms with Crippen molar-refractivity contribution in [2.24, 2.45) is 11.3 Å². The predicted octanol–water partition coefficient (Wildman–Crippen LogP) is 7.40. The molecule has 3 unspecified atom stereocenters. The average molecular weight is 1140 g/mol. The zero-order valence-electron chi connectivity index (χ0n) is 48.3. The van der Waals surface area contributed by atoms with Gasteiger partial charge in [-0.3, -0.25) is 34.5 Å². The molecule has 6 aliphatic heterocycles. The van der Waals surface area contributed by atoms with Crippen molar-refractivity contribution in [3.63, 3.8) is 0 Å². The molecule has 5 saturated heterocycles. The fourth-order valence-electron chi connectivity index (χ4n) is 13.5. The smallest absolute Gasteiger partial charge is 0.411 e. The molecule has 438 valence electrons. The van der Waals surface area contributed by atoms with Crippen molar-refractivity contribution in [3.8, 4) is 35.4 Å². The third-order valence-corrected chi connectivity index (χ3v) is 18.0. The number of hydrogen-bond donors (Lipinski definition) is 1. The number of methoxy groups -OCH3 is 1. The number of ether oxygens (including phenoxy) is 5. The molecule has 3 aromatic carbocycles. The Morgan fingerprint density at radius 3 is 2.47 bits per heavy atom. The van der Waals surface area contributed by atoms with Crippen molar-refractivity contribution >= 4 is 57.0 Å². The Balaban J connectivity index is 0.710. The number of pyridine rings is 1. The van der Waals surface area contributed by atoms with Gasteiger partial charge in [-0.05, 0) is 146 Å². The number of piperazine rings is 2. The van der Waals surface area contributed by atoms with Crippen LogP contribution in [0.1, 0.15) is 101 Å². The number of likely N-dealkylation sites (tertiary alicyclic amines) is 1. The van der Waals surface area contributed by atoms with Crippen LogP contribution in [0.3, 0.4) is 0 Å². The van der Waals surface area contributed by atoms with Gasteiger partial charge in [-0.1, -0.05) is 18.1 Å². The lowest BCUT2D eigenvalue weighted by atomic mass is 9.92. The number of terminal acetylenes is 1. The summed E-state index contributed by atoms with van der Waals surface area (Å²) in [5, 5.41) is 4.21. The quantitative estimate of drug-likeness (QED) is 0.0552. The SMILES string of the molecule is C#Cc1cccc2cc(OCOC)cc(-c3ncc4c(N5CC6CC(OCC)C(C5)N6C(=O)OC(C)(C)C)nc(OCC5(CN6CCC(CCN7CCN(c8ccc9c(c8)CN([C@H]8CCC(=O)NC8=O)C9=O)CC7)CC6)CC5)nc4c3F)c12. The molecule has 2 aromatic heterocycles. The van der Waals surface area contributed by atoms with Gasteiger partial charge in [0.1, 0.15) is 34.4 Å². The van der Waals surface area contributed by atoms with Gasteiger partial charge in [0.2, 0.25) is 11.8 Å². The van der Waals surface area contributed by atoms with Gasteiger partial charge >= 0.3 is 12.1 Å². The number of halogens is 1. The molecule has 20 heteroatoms. The second-order valence-electron chi connectivity index (χ2n) is 24.7. The molecule has 2 bridgehead atoms. The second-order valence-corrected chi connectivity index (χ2v) is 24.7. The lowest BCUT2D eigenvalue weighted by Gasteiger charge is -2.42. The minimum Gasteiger partial charge on any atom is -0.468 e. The fraction of sp³-hybridized carbons (Fsp3) is 0.540. The topological polar surface area (TPSA) is 185 Å². The number of hydrogen-bond acceptors (Lipinski definition) is 16. The molecule has 1 saturated carbocycles. The summed E-state index contributed by atoms with van der Waals surface area (Å²) in [6, 6.07) is 14.0. The van der Waals surface area contributed by atoms with Crippen LogP contribution in [-0.2, 0) is 30.3 Å². The first kappa shape index (κ1) is 56.3. The van der Waals surface area contributed by atoms with E-state index in [1.165, 1.54) is 7.11 Å². The Kier molecular flexibility index (Phi) is 15.7. The fourth-order valence-corrected chi connectivity index (χ4v) is 13.5. The minimum atomic E-state index is -0.685. The third kappa shape index (κ3) is 11.6. The van der Waals surface area contributed by atoms with Crippen LogP contribution in [0.5, 0.6) is 11.8 Å². The van der Waals surface area contributed by atoms with Crippen molar-refractivity contribution < 1.29 is 47.3 Å². The highest BCUT2D eigenvalue weighted by Crippen LogP contribution is 2.48. The molecule has 1 aliphatic carbocycles. The Morgan fingerprint density at radius 1 is 0.928 bits per heavy atom. The molecule has 0 spiro atoms. The van der Waals surface area contributed by atoms with Crippen molar-refractivity contribution in [3.05, 3.63) is 77.2 Å². The summed E-state index contributed by atoms with van der Waals surface area (Å²) < 4.78 is 47.8. The van der Waals surface area contributed by atoms with E-state index in [-0.39, 0.29) is 71.9 Å². The first-order valence-electron chi connectivity index (χ1n) is 29.6. The molecule has 6 fully saturated rings. The molecule has 8 heterocycles. The van der Waals surface area contributed by atoms with E-state index in [4.69, 9.17) is 45.1 Å². The molecule has 4 amide bonds. The van der Waals surface area contributed by atoms with E-state index in [1.807, 2.05) is 69.0 Å². The molecule has 1 N–H and O–H groups in total. The Bertz CT molecular complexity index is 3370. The summed E-state index contributed by atoms with van der Waals surface area (Å²) in [4.78, 5) is 79.2. The number of fused-ring (bicyclic) bond motifs is 5. The number of carbonyl (C=O) groups excluding carboxylic acids is 4. The van der Waals surface area contributed by atoms with E-state index < -0.39 is 23.4 Å². The van der Waals surface area contributed by atoms with Crippen LogP contribution in [0.2, 0.25) is 0 Å². The summed E-state index contributed by atoms with van der Waals surface area (Å²) in [5.74, 6) is 2.88. The number of carbonyl (C=O) groups is 4. The number of rotatable bonds is 17. The molecule has 83 heavy (non-hydrogen) atoms. The molecule has 7 aliphatic rings. The lowest BCUT2D eigenvalue weighted by Crippen LogP contribution is -2.58. The van der Waals surface area contributed by atoms with Crippen molar-refractivity contribution in [1.82, 2.24) is 39.9 Å². The van der Waals surface area contributed by atoms with E-state index in [1.54, 1.807) is 17.2 Å². The van der Waals surface area contributed by atoms with Crippen LogP contribution in [0, 0.1) is 29.5 Å². The first-order chi connectivity index (χ1) is 40.1. The standard InChI is InChI=1S/C63H75FN10O9/c1-7-40-10-9-11-41-29-45(82-38-79-6)31-47(53(40)41)55-54(64)56-48(32-65-55)57(72-34-44-30-51(80-8-2)50(35-72)74(44)61(78)83-62(3,4)5)68-60(67-56)81-37-63(19-20-63)36-70-22-17-39(18-23-70)16-21-69-24-26-71(27-25-69)43-12-13-46-42(28-43)33-73(59(46)77)49-14-15-52(75)66-58(49)76/h1,9-13,28-29,31-32,39,44,49-51H,8,14-27,30,33-38H2,2-6H3,(H,66,75,76)/t44?,49-,50?,51?/m0/s1. The number of aromatic nitrogens is 3. The number of piperidine rings is 2. The highest BCUT2D eigenvalue weighted by atomic mass is 19.1. The summed E-state index contributed by atoms with van der Waals surface area (Å²) >= 11 is 0. The van der Waals surface area contributed by atoms with Gasteiger partial charge in [0.25, 0.3) is 5.91 Å². The lowest BCUT2D eigenvalue weighted by molar-refractivity contribution is -0.136. The Labute approximate surface area is 484 Å². The number of nitrogens with one attached hydrogen (secondary N) is 1. The van der Waals surface area contributed by atoms with Gasteiger partial charge in [-0.25, -0.2) is 9.18 Å². The second kappa shape index (κ2) is 23.1. The van der Waals surface area contributed by atoms with Crippen LogP contribution in [0.15, 0.2) is 54.7 Å². The van der Waals surface area contributed by atoms with Crippen LogP contribution < -0.4 is 24.6 Å². The van der Waals surface area contributed by atoms with Gasteiger partial charge in [-0.15, -0.1) is 6.42 Å². The monoisotopic (exact) mass is 1130 g/mol. The van der Waals surface area contributed by atoms with Gasteiger partial charge < -0.3 is 43.3 Å². The van der Waals surface area contributed by atoms with Gasteiger partial charge in [0, 0.05) is 112 Å². The average Bonchev–Trinajstić information content (AvgIpc) is 2.63. The minimum absolute atomic E-state index is 0.0113.